The third kappa shape index (κ3) is 1.75. The molecule has 0 fully saturated rings. The van der Waals surface area contributed by atoms with E-state index in [2.05, 4.69) is 10.3 Å². The zero-order valence-corrected chi connectivity index (χ0v) is 8.06. The van der Waals surface area contributed by atoms with E-state index in [9.17, 15) is 8.78 Å². The molecular formula is C10H6F2N4. The fourth-order valence-corrected chi connectivity index (χ4v) is 1.31. The first-order valence-electron chi connectivity index (χ1n) is 4.43. The van der Waals surface area contributed by atoms with Crippen molar-refractivity contribution in [2.45, 2.75) is 6.54 Å². The normalized spacial score (nSPS) is 10.1. The van der Waals surface area contributed by atoms with E-state index in [0.717, 1.165) is 12.1 Å². The number of nitriles is 1. The third-order valence-electron chi connectivity index (χ3n) is 2.10. The van der Waals surface area contributed by atoms with Crippen molar-refractivity contribution in [1.82, 2.24) is 15.0 Å². The number of hydrogen-bond donors (Lipinski definition) is 0. The molecule has 0 amide bonds. The van der Waals surface area contributed by atoms with E-state index in [0.29, 0.717) is 0 Å². The minimum Gasteiger partial charge on any atom is -0.248 e. The van der Waals surface area contributed by atoms with E-state index < -0.39 is 11.6 Å². The van der Waals surface area contributed by atoms with Crippen LogP contribution in [-0.2, 0) is 6.54 Å². The Bertz CT molecular complexity index is 543. The van der Waals surface area contributed by atoms with Crippen molar-refractivity contribution in [2.75, 3.05) is 0 Å². The number of rotatable bonds is 2. The highest BCUT2D eigenvalue weighted by Crippen LogP contribution is 2.17. The highest BCUT2D eigenvalue weighted by molar-refractivity contribution is 5.35. The maximum Gasteiger partial charge on any atom is 0.148 e. The van der Waals surface area contributed by atoms with Crippen molar-refractivity contribution in [2.24, 2.45) is 0 Å². The molecule has 2 rings (SSSR count). The smallest absolute Gasteiger partial charge is 0.148 e. The van der Waals surface area contributed by atoms with E-state index in [-0.39, 0.29) is 17.7 Å². The largest absolute Gasteiger partial charge is 0.248 e. The molecule has 0 aliphatic rings. The minimum absolute atomic E-state index is 0.0901. The maximum absolute atomic E-state index is 13.6. The number of hydrogen-bond acceptors (Lipinski definition) is 3. The summed E-state index contributed by atoms with van der Waals surface area (Å²) >= 11 is 0. The summed E-state index contributed by atoms with van der Waals surface area (Å²) in [6.07, 6.45) is 2.89. The fraction of sp³-hybridized carbons (Fsp3) is 0.100. The van der Waals surface area contributed by atoms with Gasteiger partial charge in [-0.1, -0.05) is 5.21 Å². The van der Waals surface area contributed by atoms with Crippen molar-refractivity contribution in [1.29, 1.82) is 5.26 Å². The molecule has 0 aliphatic heterocycles. The van der Waals surface area contributed by atoms with Crippen LogP contribution in [-0.4, -0.2) is 15.0 Å². The molecule has 0 spiro atoms. The molecule has 0 bridgehead atoms. The Labute approximate surface area is 89.7 Å². The Kier molecular flexibility index (Phi) is 2.60. The van der Waals surface area contributed by atoms with Crippen LogP contribution in [0.3, 0.4) is 0 Å². The molecule has 0 saturated carbocycles. The van der Waals surface area contributed by atoms with Crippen molar-refractivity contribution in [3.63, 3.8) is 0 Å². The molecule has 1 aromatic heterocycles. The van der Waals surface area contributed by atoms with Gasteiger partial charge in [-0.05, 0) is 12.1 Å². The van der Waals surface area contributed by atoms with Crippen LogP contribution in [0.5, 0.6) is 0 Å². The highest BCUT2D eigenvalue weighted by atomic mass is 19.1. The first-order valence-corrected chi connectivity index (χ1v) is 4.43. The lowest BCUT2D eigenvalue weighted by molar-refractivity contribution is 0.526. The first-order chi connectivity index (χ1) is 7.72. The van der Waals surface area contributed by atoms with Crippen molar-refractivity contribution in [3.05, 3.63) is 47.3 Å². The van der Waals surface area contributed by atoms with Gasteiger partial charge in [0.25, 0.3) is 0 Å². The molecule has 1 aromatic carbocycles. The third-order valence-corrected chi connectivity index (χ3v) is 2.10. The Morgan fingerprint density at radius 2 is 2.19 bits per heavy atom. The summed E-state index contributed by atoms with van der Waals surface area (Å²) in [4.78, 5) is 0. The predicted molar refractivity (Wildman–Crippen MR) is 50.2 cm³/mol. The quantitative estimate of drug-likeness (QED) is 0.770. The van der Waals surface area contributed by atoms with Gasteiger partial charge in [-0.15, -0.1) is 5.10 Å². The molecule has 0 aliphatic carbocycles. The predicted octanol–water partition coefficient (Wildman–Crippen LogP) is 1.48. The summed E-state index contributed by atoms with van der Waals surface area (Å²) in [7, 11) is 0. The number of aromatic nitrogens is 3. The van der Waals surface area contributed by atoms with Crippen LogP contribution in [0.2, 0.25) is 0 Å². The molecular weight excluding hydrogens is 214 g/mol. The standard InChI is InChI=1S/C10H6F2N4/c11-9-2-1-7(5-13)10(12)8(9)6-16-4-3-14-15-16/h1-4H,6H2. The number of halogens is 2. The molecule has 6 heteroatoms. The van der Waals surface area contributed by atoms with Gasteiger partial charge in [0, 0.05) is 11.8 Å². The Morgan fingerprint density at radius 1 is 1.38 bits per heavy atom. The van der Waals surface area contributed by atoms with E-state index in [1.807, 2.05) is 0 Å². The van der Waals surface area contributed by atoms with E-state index in [4.69, 9.17) is 5.26 Å². The average molecular weight is 220 g/mol. The molecule has 1 heterocycles. The van der Waals surface area contributed by atoms with Gasteiger partial charge < -0.3 is 0 Å². The SMILES string of the molecule is N#Cc1ccc(F)c(Cn2ccnn2)c1F. The van der Waals surface area contributed by atoms with Crippen LogP contribution >= 0.6 is 0 Å². The van der Waals surface area contributed by atoms with Crippen molar-refractivity contribution < 1.29 is 8.78 Å². The second-order valence-electron chi connectivity index (χ2n) is 3.10. The van der Waals surface area contributed by atoms with Gasteiger partial charge >= 0.3 is 0 Å². The van der Waals surface area contributed by atoms with Crippen LogP contribution in [0.25, 0.3) is 0 Å². The van der Waals surface area contributed by atoms with Crippen LogP contribution < -0.4 is 0 Å². The van der Waals surface area contributed by atoms with Gasteiger partial charge in [0.1, 0.15) is 17.7 Å². The maximum atomic E-state index is 13.6. The van der Waals surface area contributed by atoms with E-state index >= 15 is 0 Å². The monoisotopic (exact) mass is 220 g/mol. The minimum atomic E-state index is -0.849. The molecule has 2 aromatic rings. The zero-order valence-electron chi connectivity index (χ0n) is 8.06. The second-order valence-corrected chi connectivity index (χ2v) is 3.10. The lowest BCUT2D eigenvalue weighted by Gasteiger charge is -2.05. The first kappa shape index (κ1) is 10.2. The fourth-order valence-electron chi connectivity index (χ4n) is 1.31. The Morgan fingerprint density at radius 3 is 2.81 bits per heavy atom. The molecule has 0 N–H and O–H groups in total. The molecule has 16 heavy (non-hydrogen) atoms. The molecule has 0 saturated heterocycles. The Hall–Kier alpha value is -2.29. The molecule has 0 unspecified atom stereocenters. The van der Waals surface area contributed by atoms with E-state index in [1.165, 1.54) is 17.1 Å². The summed E-state index contributed by atoms with van der Waals surface area (Å²) in [5.74, 6) is -1.55. The molecule has 80 valence electrons. The van der Waals surface area contributed by atoms with Crippen LogP contribution in [0.1, 0.15) is 11.1 Å². The van der Waals surface area contributed by atoms with Crippen molar-refractivity contribution >= 4 is 0 Å². The zero-order chi connectivity index (χ0) is 11.5. The van der Waals surface area contributed by atoms with Crippen LogP contribution in [0.4, 0.5) is 8.78 Å². The van der Waals surface area contributed by atoms with Crippen LogP contribution in [0.15, 0.2) is 24.5 Å². The molecule has 4 nitrogen and oxygen atoms in total. The lowest BCUT2D eigenvalue weighted by Crippen LogP contribution is -2.06. The lowest BCUT2D eigenvalue weighted by atomic mass is 10.1. The van der Waals surface area contributed by atoms with Gasteiger partial charge in [0.05, 0.1) is 18.3 Å². The summed E-state index contributed by atoms with van der Waals surface area (Å²) in [6, 6.07) is 3.83. The van der Waals surface area contributed by atoms with E-state index in [1.54, 1.807) is 6.07 Å². The summed E-state index contributed by atoms with van der Waals surface area (Å²) in [5.41, 5.74) is -0.374. The number of benzene rings is 1. The highest BCUT2D eigenvalue weighted by Gasteiger charge is 2.14. The summed E-state index contributed by atoms with van der Waals surface area (Å²) in [5, 5.41) is 15.7. The van der Waals surface area contributed by atoms with Gasteiger partial charge in [-0.3, -0.25) is 0 Å². The average Bonchev–Trinajstić information content (AvgIpc) is 2.77. The molecule has 0 atom stereocenters. The van der Waals surface area contributed by atoms with Gasteiger partial charge in [-0.25, -0.2) is 13.5 Å². The molecule has 0 radical (unpaired) electrons. The number of nitrogens with zero attached hydrogens (tertiary/aromatic N) is 4. The second kappa shape index (κ2) is 4.06. The van der Waals surface area contributed by atoms with Crippen LogP contribution in [0, 0.1) is 23.0 Å². The van der Waals surface area contributed by atoms with Gasteiger partial charge in [0.2, 0.25) is 0 Å². The van der Waals surface area contributed by atoms with Gasteiger partial charge in [-0.2, -0.15) is 5.26 Å². The topological polar surface area (TPSA) is 54.5 Å². The summed E-state index contributed by atoms with van der Waals surface area (Å²) in [6.45, 7) is -0.0901. The van der Waals surface area contributed by atoms with Crippen molar-refractivity contribution in [3.8, 4) is 6.07 Å². The Balaban J connectivity index is 2.44. The summed E-state index contributed by atoms with van der Waals surface area (Å²) < 4.78 is 28.2. The van der Waals surface area contributed by atoms with Gasteiger partial charge in [0.15, 0.2) is 0 Å².